The van der Waals surface area contributed by atoms with E-state index in [4.69, 9.17) is 0 Å². The maximum atomic E-state index is 13.6. The molecule has 1 fully saturated rings. The van der Waals surface area contributed by atoms with Gasteiger partial charge in [-0.05, 0) is 39.4 Å². The fourth-order valence-corrected chi connectivity index (χ4v) is 12.8. The summed E-state index contributed by atoms with van der Waals surface area (Å²) in [6.45, 7) is 0. The highest BCUT2D eigenvalue weighted by molar-refractivity contribution is 7.13. The van der Waals surface area contributed by atoms with Crippen molar-refractivity contribution in [2.45, 2.75) is 12.0 Å². The Morgan fingerprint density at radius 1 is 0.679 bits per heavy atom. The van der Waals surface area contributed by atoms with Crippen molar-refractivity contribution in [2.75, 3.05) is 0 Å². The molecule has 1 nitrogen and oxygen atoms in total. The average molecular weight is 379 g/mol. The average Bonchev–Trinajstić information content (AvgIpc) is 3.38. The summed E-state index contributed by atoms with van der Waals surface area (Å²) in [7, 11) is -2.35. The van der Waals surface area contributed by atoms with Crippen LogP contribution < -0.4 is 15.6 Å². The zero-order chi connectivity index (χ0) is 18.7. The Hall–Kier alpha value is -2.71. The standard InChI is InChI=1S/C26H22OSi/c27-25-22-13-7-8-14-23(22)28(20-9-3-1-4-10-20,21-11-5-2-6-12-21)26-19-16-15-18(17-19)24(25)26/h1-16,18-19,24,26H,17H2. The molecule has 6 rings (SSSR count). The topological polar surface area (TPSA) is 17.1 Å². The van der Waals surface area contributed by atoms with Crippen LogP contribution in [0.2, 0.25) is 5.54 Å². The zero-order valence-electron chi connectivity index (χ0n) is 15.7. The minimum Gasteiger partial charge on any atom is -0.294 e. The number of rotatable bonds is 2. The maximum Gasteiger partial charge on any atom is 0.166 e. The van der Waals surface area contributed by atoms with Gasteiger partial charge in [0.2, 0.25) is 0 Å². The number of fused-ring (bicyclic) bond motifs is 6. The van der Waals surface area contributed by atoms with Crippen molar-refractivity contribution < 1.29 is 4.79 Å². The van der Waals surface area contributed by atoms with Gasteiger partial charge in [0.05, 0.1) is 0 Å². The van der Waals surface area contributed by atoms with E-state index in [0.29, 0.717) is 23.2 Å². The third-order valence-corrected chi connectivity index (χ3v) is 12.9. The van der Waals surface area contributed by atoms with Crippen LogP contribution in [0, 0.1) is 17.8 Å². The Kier molecular flexibility index (Phi) is 3.42. The number of Topliss-reactive ketones (excluding diaryl/α,β-unsaturated/α-hetero) is 1. The summed E-state index contributed by atoms with van der Waals surface area (Å²) in [5.41, 5.74) is 1.39. The Morgan fingerprint density at radius 3 is 1.93 bits per heavy atom. The largest absolute Gasteiger partial charge is 0.294 e. The second-order valence-corrected chi connectivity index (χ2v) is 12.4. The molecule has 0 aromatic heterocycles. The monoisotopic (exact) mass is 378 g/mol. The Balaban J connectivity index is 1.77. The summed E-state index contributed by atoms with van der Waals surface area (Å²) in [6, 6.07) is 30.7. The minimum absolute atomic E-state index is 0.136. The van der Waals surface area contributed by atoms with Crippen LogP contribution in [0.4, 0.5) is 0 Å². The van der Waals surface area contributed by atoms with E-state index in [1.807, 2.05) is 6.07 Å². The second-order valence-electron chi connectivity index (χ2n) is 8.45. The van der Waals surface area contributed by atoms with Gasteiger partial charge in [0.1, 0.15) is 0 Å². The molecule has 1 heterocycles. The number of carbonyl (C=O) groups excluding carboxylic acids is 1. The van der Waals surface area contributed by atoms with Gasteiger partial charge in [-0.3, -0.25) is 4.79 Å². The van der Waals surface area contributed by atoms with Crippen molar-refractivity contribution in [2.24, 2.45) is 17.8 Å². The minimum atomic E-state index is -2.35. The van der Waals surface area contributed by atoms with E-state index < -0.39 is 8.07 Å². The number of benzene rings is 3. The fourth-order valence-electron chi connectivity index (χ4n) is 6.44. The molecular formula is C26H22OSi. The smallest absolute Gasteiger partial charge is 0.166 e. The zero-order valence-corrected chi connectivity index (χ0v) is 16.7. The van der Waals surface area contributed by atoms with E-state index in [1.165, 1.54) is 15.6 Å². The molecule has 2 heteroatoms. The van der Waals surface area contributed by atoms with Crippen LogP contribution in [-0.4, -0.2) is 13.9 Å². The molecule has 2 bridgehead atoms. The summed E-state index contributed by atoms with van der Waals surface area (Å²) < 4.78 is 0. The molecule has 4 unspecified atom stereocenters. The van der Waals surface area contributed by atoms with Crippen molar-refractivity contribution >= 4 is 29.4 Å². The lowest BCUT2D eigenvalue weighted by molar-refractivity contribution is 0.0898. The molecule has 2 aliphatic carbocycles. The molecule has 1 aliphatic heterocycles. The van der Waals surface area contributed by atoms with Gasteiger partial charge in [-0.1, -0.05) is 97.1 Å². The number of hydrogen-bond donors (Lipinski definition) is 0. The van der Waals surface area contributed by atoms with Crippen LogP contribution in [-0.2, 0) is 0 Å². The molecule has 3 aromatic carbocycles. The quantitative estimate of drug-likeness (QED) is 0.492. The van der Waals surface area contributed by atoms with Gasteiger partial charge in [-0.2, -0.15) is 0 Å². The number of allylic oxidation sites excluding steroid dienone is 2. The summed E-state index contributed by atoms with van der Waals surface area (Å²) in [5, 5.41) is 4.20. The first-order valence-corrected chi connectivity index (χ1v) is 12.3. The van der Waals surface area contributed by atoms with E-state index in [2.05, 4.69) is 91.0 Å². The van der Waals surface area contributed by atoms with E-state index in [9.17, 15) is 4.79 Å². The van der Waals surface area contributed by atoms with E-state index in [0.717, 1.165) is 12.0 Å². The Morgan fingerprint density at radius 2 is 1.25 bits per heavy atom. The molecule has 0 spiro atoms. The van der Waals surface area contributed by atoms with Crippen LogP contribution in [0.25, 0.3) is 0 Å². The normalized spacial score (nSPS) is 28.8. The van der Waals surface area contributed by atoms with Crippen LogP contribution in [0.1, 0.15) is 16.8 Å². The first-order valence-electron chi connectivity index (χ1n) is 10.2. The highest BCUT2D eigenvalue weighted by atomic mass is 28.3. The number of ketones is 1. The van der Waals surface area contributed by atoms with Gasteiger partial charge in [0.15, 0.2) is 13.9 Å². The van der Waals surface area contributed by atoms with E-state index in [-0.39, 0.29) is 5.92 Å². The van der Waals surface area contributed by atoms with Crippen molar-refractivity contribution in [3.8, 4) is 0 Å². The van der Waals surface area contributed by atoms with E-state index >= 15 is 0 Å². The van der Waals surface area contributed by atoms with Gasteiger partial charge < -0.3 is 0 Å². The molecule has 3 aromatic rings. The molecular weight excluding hydrogens is 356 g/mol. The van der Waals surface area contributed by atoms with Crippen LogP contribution in [0.15, 0.2) is 97.1 Å². The molecule has 0 radical (unpaired) electrons. The van der Waals surface area contributed by atoms with E-state index in [1.54, 1.807) is 0 Å². The van der Waals surface area contributed by atoms with Crippen LogP contribution in [0.5, 0.6) is 0 Å². The summed E-state index contributed by atoms with van der Waals surface area (Å²) >= 11 is 0. The first kappa shape index (κ1) is 16.3. The molecule has 28 heavy (non-hydrogen) atoms. The predicted octanol–water partition coefficient (Wildman–Crippen LogP) is 3.55. The van der Waals surface area contributed by atoms with Gasteiger partial charge >= 0.3 is 0 Å². The van der Waals surface area contributed by atoms with Crippen LogP contribution in [0.3, 0.4) is 0 Å². The molecule has 1 saturated carbocycles. The third-order valence-electron chi connectivity index (χ3n) is 7.34. The Bertz CT molecular complexity index is 1050. The number of hydrogen-bond acceptors (Lipinski definition) is 1. The Labute approximate surface area is 166 Å². The first-order chi connectivity index (χ1) is 13.8. The molecule has 0 saturated heterocycles. The molecule has 0 amide bonds. The predicted molar refractivity (Wildman–Crippen MR) is 116 cm³/mol. The van der Waals surface area contributed by atoms with Gasteiger partial charge in [-0.15, -0.1) is 0 Å². The van der Waals surface area contributed by atoms with Gasteiger partial charge in [0, 0.05) is 11.5 Å². The van der Waals surface area contributed by atoms with Crippen molar-refractivity contribution in [3.05, 3.63) is 103 Å². The molecule has 3 aliphatic rings. The van der Waals surface area contributed by atoms with Crippen molar-refractivity contribution in [3.63, 3.8) is 0 Å². The summed E-state index contributed by atoms with van der Waals surface area (Å²) in [4.78, 5) is 13.6. The SMILES string of the molecule is O=C1c2ccccc2[Si](c2ccccc2)(c2ccccc2)C2C3C=CC(C3)C12. The summed E-state index contributed by atoms with van der Waals surface area (Å²) in [6.07, 6.45) is 5.89. The van der Waals surface area contributed by atoms with Gasteiger partial charge in [0.25, 0.3) is 0 Å². The van der Waals surface area contributed by atoms with Gasteiger partial charge in [-0.25, -0.2) is 0 Å². The summed E-state index contributed by atoms with van der Waals surface area (Å²) in [5.74, 6) is 1.44. The lowest BCUT2D eigenvalue weighted by Gasteiger charge is -2.48. The maximum absolute atomic E-state index is 13.6. The van der Waals surface area contributed by atoms with Crippen molar-refractivity contribution in [1.29, 1.82) is 0 Å². The third kappa shape index (κ3) is 1.94. The highest BCUT2D eigenvalue weighted by Crippen LogP contribution is 2.58. The van der Waals surface area contributed by atoms with Crippen LogP contribution >= 0.6 is 0 Å². The lowest BCUT2D eigenvalue weighted by Crippen LogP contribution is -2.74. The van der Waals surface area contributed by atoms with Crippen molar-refractivity contribution in [1.82, 2.24) is 0 Å². The second kappa shape index (κ2) is 5.89. The highest BCUT2D eigenvalue weighted by Gasteiger charge is 2.63. The molecule has 4 atom stereocenters. The molecule has 136 valence electrons. The molecule has 0 N–H and O–H groups in total. The fraction of sp³-hybridized carbons (Fsp3) is 0.192. The number of carbonyl (C=O) groups is 1. The lowest BCUT2D eigenvalue weighted by atomic mass is 9.85.